The standard InChI is InChI=1S/C17H15Cl2FN2O3S/c18-14-8-5-12(10-15(14)19)21-17(23)16-2-1-9-22(16)26(24,25)13-6-3-11(20)4-7-13/h3-8,10,16H,1-2,9H2,(H,21,23). The highest BCUT2D eigenvalue weighted by molar-refractivity contribution is 7.89. The third kappa shape index (κ3) is 3.86. The molecule has 1 aliphatic heterocycles. The molecule has 1 atom stereocenters. The van der Waals surface area contributed by atoms with Gasteiger partial charge >= 0.3 is 0 Å². The number of benzene rings is 2. The quantitative estimate of drug-likeness (QED) is 0.820. The molecule has 138 valence electrons. The number of anilines is 1. The Labute approximate surface area is 160 Å². The lowest BCUT2D eigenvalue weighted by Crippen LogP contribution is -2.43. The molecule has 1 heterocycles. The minimum absolute atomic E-state index is 0.0480. The van der Waals surface area contributed by atoms with Gasteiger partial charge in [-0.3, -0.25) is 4.79 Å². The molecule has 0 aromatic heterocycles. The van der Waals surface area contributed by atoms with Gasteiger partial charge < -0.3 is 5.32 Å². The van der Waals surface area contributed by atoms with Crippen molar-refractivity contribution in [1.82, 2.24) is 4.31 Å². The number of nitrogens with zero attached hydrogens (tertiary/aromatic N) is 1. The van der Waals surface area contributed by atoms with Gasteiger partial charge in [0, 0.05) is 12.2 Å². The molecule has 1 N–H and O–H groups in total. The van der Waals surface area contributed by atoms with E-state index in [0.717, 1.165) is 16.4 Å². The lowest BCUT2D eigenvalue weighted by atomic mass is 10.2. The molecule has 3 rings (SSSR count). The first-order valence-electron chi connectivity index (χ1n) is 7.82. The molecule has 5 nitrogen and oxygen atoms in total. The van der Waals surface area contributed by atoms with Crippen LogP contribution in [0.15, 0.2) is 47.4 Å². The number of nitrogens with one attached hydrogen (secondary N) is 1. The summed E-state index contributed by atoms with van der Waals surface area (Å²) >= 11 is 11.8. The molecule has 1 fully saturated rings. The summed E-state index contributed by atoms with van der Waals surface area (Å²) in [5, 5.41) is 3.30. The molecule has 9 heteroatoms. The molecule has 1 aliphatic rings. The van der Waals surface area contributed by atoms with Crippen LogP contribution in [0.5, 0.6) is 0 Å². The average Bonchev–Trinajstić information content (AvgIpc) is 3.09. The Balaban J connectivity index is 1.81. The van der Waals surface area contributed by atoms with Gasteiger partial charge in [-0.1, -0.05) is 23.2 Å². The molecular formula is C17H15Cl2FN2O3S. The van der Waals surface area contributed by atoms with Crippen molar-refractivity contribution in [3.05, 3.63) is 58.3 Å². The molecule has 2 aromatic carbocycles. The molecule has 0 spiro atoms. The van der Waals surface area contributed by atoms with Crippen LogP contribution >= 0.6 is 23.2 Å². The van der Waals surface area contributed by atoms with Gasteiger partial charge in [0.2, 0.25) is 15.9 Å². The van der Waals surface area contributed by atoms with E-state index in [9.17, 15) is 17.6 Å². The smallest absolute Gasteiger partial charge is 0.243 e. The minimum Gasteiger partial charge on any atom is -0.325 e. The lowest BCUT2D eigenvalue weighted by Gasteiger charge is -2.23. The van der Waals surface area contributed by atoms with E-state index in [-0.39, 0.29) is 16.5 Å². The van der Waals surface area contributed by atoms with E-state index in [1.165, 1.54) is 18.2 Å². The normalized spacial score (nSPS) is 18.0. The molecule has 0 radical (unpaired) electrons. The number of carbonyl (C=O) groups is 1. The first-order valence-corrected chi connectivity index (χ1v) is 10.0. The zero-order valence-corrected chi connectivity index (χ0v) is 15.8. The lowest BCUT2D eigenvalue weighted by molar-refractivity contribution is -0.119. The van der Waals surface area contributed by atoms with Gasteiger partial charge in [0.25, 0.3) is 0 Å². The van der Waals surface area contributed by atoms with E-state index in [0.29, 0.717) is 23.6 Å². The topological polar surface area (TPSA) is 66.5 Å². The van der Waals surface area contributed by atoms with Gasteiger partial charge in [-0.2, -0.15) is 4.31 Å². The van der Waals surface area contributed by atoms with Crippen molar-refractivity contribution in [1.29, 1.82) is 0 Å². The number of sulfonamides is 1. The Kier molecular flexibility index (Phi) is 5.53. The van der Waals surface area contributed by atoms with Crippen molar-refractivity contribution in [2.24, 2.45) is 0 Å². The van der Waals surface area contributed by atoms with Crippen LogP contribution in [0.4, 0.5) is 10.1 Å². The summed E-state index contributed by atoms with van der Waals surface area (Å²) in [7, 11) is -3.90. The number of hydrogen-bond donors (Lipinski definition) is 1. The molecule has 0 saturated carbocycles. The van der Waals surface area contributed by atoms with Crippen LogP contribution in [0, 0.1) is 5.82 Å². The highest BCUT2D eigenvalue weighted by Gasteiger charge is 2.39. The van der Waals surface area contributed by atoms with E-state index in [1.807, 2.05) is 0 Å². The van der Waals surface area contributed by atoms with E-state index in [4.69, 9.17) is 23.2 Å². The Bertz CT molecular complexity index is 936. The Morgan fingerprint density at radius 3 is 2.46 bits per heavy atom. The predicted molar refractivity (Wildman–Crippen MR) is 98.4 cm³/mol. The first kappa shape index (κ1) is 19.1. The van der Waals surface area contributed by atoms with Crippen LogP contribution in [0.3, 0.4) is 0 Å². The van der Waals surface area contributed by atoms with Crippen LogP contribution in [-0.4, -0.2) is 31.2 Å². The van der Waals surface area contributed by atoms with Gasteiger partial charge in [-0.05, 0) is 55.3 Å². The fraction of sp³-hybridized carbons (Fsp3) is 0.235. The summed E-state index contributed by atoms with van der Waals surface area (Å²) in [5.41, 5.74) is 0.426. The highest BCUT2D eigenvalue weighted by Crippen LogP contribution is 2.29. The maximum atomic E-state index is 13.1. The summed E-state index contributed by atoms with van der Waals surface area (Å²) in [6.07, 6.45) is 0.952. The van der Waals surface area contributed by atoms with Crippen LogP contribution in [0.2, 0.25) is 10.0 Å². The molecule has 26 heavy (non-hydrogen) atoms. The molecule has 1 amide bonds. The Hall–Kier alpha value is -1.67. The summed E-state index contributed by atoms with van der Waals surface area (Å²) < 4.78 is 39.8. The predicted octanol–water partition coefficient (Wildman–Crippen LogP) is 3.92. The van der Waals surface area contributed by atoms with Crippen LogP contribution in [0.1, 0.15) is 12.8 Å². The van der Waals surface area contributed by atoms with Gasteiger partial charge in [0.15, 0.2) is 0 Å². The van der Waals surface area contributed by atoms with Gasteiger partial charge in [-0.15, -0.1) is 0 Å². The van der Waals surface area contributed by atoms with Crippen molar-refractivity contribution in [3.8, 4) is 0 Å². The number of hydrogen-bond acceptors (Lipinski definition) is 3. The summed E-state index contributed by atoms with van der Waals surface area (Å²) in [5.74, 6) is -0.981. The Morgan fingerprint density at radius 1 is 1.12 bits per heavy atom. The number of amides is 1. The van der Waals surface area contributed by atoms with E-state index < -0.39 is 27.8 Å². The van der Waals surface area contributed by atoms with Crippen LogP contribution in [-0.2, 0) is 14.8 Å². The molecule has 0 bridgehead atoms. The van der Waals surface area contributed by atoms with E-state index in [2.05, 4.69) is 5.32 Å². The average molecular weight is 417 g/mol. The van der Waals surface area contributed by atoms with Crippen molar-refractivity contribution < 1.29 is 17.6 Å². The molecule has 1 unspecified atom stereocenters. The summed E-state index contributed by atoms with van der Waals surface area (Å²) in [6, 6.07) is 8.31. The van der Waals surface area contributed by atoms with Crippen LogP contribution in [0.25, 0.3) is 0 Å². The molecule has 2 aromatic rings. The van der Waals surface area contributed by atoms with Crippen molar-refractivity contribution in [2.45, 2.75) is 23.8 Å². The Morgan fingerprint density at radius 2 is 1.81 bits per heavy atom. The number of rotatable bonds is 4. The monoisotopic (exact) mass is 416 g/mol. The molecular weight excluding hydrogens is 402 g/mol. The van der Waals surface area contributed by atoms with Gasteiger partial charge in [-0.25, -0.2) is 12.8 Å². The molecule has 0 aliphatic carbocycles. The van der Waals surface area contributed by atoms with Gasteiger partial charge in [0.1, 0.15) is 11.9 Å². The second-order valence-corrected chi connectivity index (χ2v) is 8.55. The number of halogens is 3. The van der Waals surface area contributed by atoms with Crippen molar-refractivity contribution in [3.63, 3.8) is 0 Å². The largest absolute Gasteiger partial charge is 0.325 e. The van der Waals surface area contributed by atoms with Crippen molar-refractivity contribution in [2.75, 3.05) is 11.9 Å². The highest BCUT2D eigenvalue weighted by atomic mass is 35.5. The van der Waals surface area contributed by atoms with Crippen molar-refractivity contribution >= 4 is 44.8 Å². The fourth-order valence-corrected chi connectivity index (χ4v) is 4.79. The first-order chi connectivity index (χ1) is 12.3. The van der Waals surface area contributed by atoms with E-state index in [1.54, 1.807) is 12.1 Å². The van der Waals surface area contributed by atoms with E-state index >= 15 is 0 Å². The molecule has 1 saturated heterocycles. The maximum absolute atomic E-state index is 13.1. The fourth-order valence-electron chi connectivity index (χ4n) is 2.83. The third-order valence-corrected chi connectivity index (χ3v) is 6.78. The second-order valence-electron chi connectivity index (χ2n) is 5.85. The zero-order valence-electron chi connectivity index (χ0n) is 13.5. The maximum Gasteiger partial charge on any atom is 0.243 e. The third-order valence-electron chi connectivity index (χ3n) is 4.11. The van der Waals surface area contributed by atoms with Gasteiger partial charge in [0.05, 0.1) is 14.9 Å². The summed E-state index contributed by atoms with van der Waals surface area (Å²) in [4.78, 5) is 12.6. The second kappa shape index (κ2) is 7.52. The SMILES string of the molecule is O=C(Nc1ccc(Cl)c(Cl)c1)C1CCCN1S(=O)(=O)c1ccc(F)cc1. The minimum atomic E-state index is -3.90. The zero-order chi connectivity index (χ0) is 18.9. The summed E-state index contributed by atoms with van der Waals surface area (Å²) in [6.45, 7) is 0.221. The van der Waals surface area contributed by atoms with Crippen LogP contribution < -0.4 is 5.32 Å². The number of carbonyl (C=O) groups excluding carboxylic acids is 1.